The first-order valence-electron chi connectivity index (χ1n) is 8.80. The molecule has 4 rings (SSSR count). The fourth-order valence-electron chi connectivity index (χ4n) is 3.32. The van der Waals surface area contributed by atoms with Crippen molar-refractivity contribution in [1.82, 2.24) is 9.78 Å². The normalized spacial score (nSPS) is 15.3. The van der Waals surface area contributed by atoms with Gasteiger partial charge in [-0.1, -0.05) is 12.1 Å². The van der Waals surface area contributed by atoms with Crippen molar-refractivity contribution in [1.29, 1.82) is 0 Å². The summed E-state index contributed by atoms with van der Waals surface area (Å²) in [6, 6.07) is 14.1. The van der Waals surface area contributed by atoms with Gasteiger partial charge in [0.1, 0.15) is 5.82 Å². The van der Waals surface area contributed by atoms with Gasteiger partial charge < -0.3 is 10.0 Å². The zero-order valence-electron chi connectivity index (χ0n) is 14.7. The van der Waals surface area contributed by atoms with Crippen molar-refractivity contribution in [2.45, 2.75) is 6.61 Å². The monoisotopic (exact) mass is 385 g/mol. The van der Waals surface area contributed by atoms with Crippen LogP contribution < -0.4 is 4.90 Å². The third-order valence-corrected chi connectivity index (χ3v) is 6.09. The zero-order valence-corrected chi connectivity index (χ0v) is 15.5. The summed E-state index contributed by atoms with van der Waals surface area (Å²) in [6.07, 6.45) is 1.72. The highest BCUT2D eigenvalue weighted by Crippen LogP contribution is 2.28. The Morgan fingerprint density at radius 1 is 1.00 bits per heavy atom. The van der Waals surface area contributed by atoms with Crippen molar-refractivity contribution >= 4 is 16.5 Å². The SMILES string of the molecule is O=S1CCN(c2ccc(-c3cnn(-c4ccc(F)cc4)c3CO)cc2)CC1. The quantitative estimate of drug-likeness (QED) is 0.750. The van der Waals surface area contributed by atoms with Crippen LogP contribution in [0, 0.1) is 5.82 Å². The molecule has 0 aliphatic carbocycles. The van der Waals surface area contributed by atoms with Crippen molar-refractivity contribution in [2.24, 2.45) is 0 Å². The first kappa shape index (κ1) is 17.9. The van der Waals surface area contributed by atoms with E-state index in [9.17, 15) is 13.7 Å². The van der Waals surface area contributed by atoms with Gasteiger partial charge in [-0.2, -0.15) is 5.10 Å². The van der Waals surface area contributed by atoms with E-state index in [0.29, 0.717) is 22.9 Å². The average molecular weight is 385 g/mol. The lowest BCUT2D eigenvalue weighted by Gasteiger charge is -2.28. The minimum Gasteiger partial charge on any atom is -0.390 e. The summed E-state index contributed by atoms with van der Waals surface area (Å²) in [5.41, 5.74) is 4.25. The van der Waals surface area contributed by atoms with Crippen molar-refractivity contribution in [3.05, 3.63) is 66.2 Å². The minimum absolute atomic E-state index is 0.174. The van der Waals surface area contributed by atoms with Crippen LogP contribution in [0.1, 0.15) is 5.69 Å². The lowest BCUT2D eigenvalue weighted by atomic mass is 10.1. The lowest BCUT2D eigenvalue weighted by molar-refractivity contribution is 0.273. The second-order valence-corrected chi connectivity index (χ2v) is 8.13. The molecule has 0 radical (unpaired) electrons. The Kier molecular flexibility index (Phi) is 5.05. The van der Waals surface area contributed by atoms with Gasteiger partial charge in [0.15, 0.2) is 0 Å². The van der Waals surface area contributed by atoms with Gasteiger partial charge in [-0.05, 0) is 42.0 Å². The van der Waals surface area contributed by atoms with Crippen LogP contribution in [0.2, 0.25) is 0 Å². The molecule has 1 fully saturated rings. The Balaban J connectivity index is 1.62. The van der Waals surface area contributed by atoms with Crippen LogP contribution in [-0.2, 0) is 17.4 Å². The summed E-state index contributed by atoms with van der Waals surface area (Å²) in [5, 5.41) is 14.3. The number of hydrogen-bond acceptors (Lipinski definition) is 4. The van der Waals surface area contributed by atoms with Crippen molar-refractivity contribution in [3.63, 3.8) is 0 Å². The lowest BCUT2D eigenvalue weighted by Crippen LogP contribution is -2.37. The molecule has 0 spiro atoms. The molecule has 2 heterocycles. The molecule has 0 unspecified atom stereocenters. The first-order valence-corrected chi connectivity index (χ1v) is 10.3. The second-order valence-electron chi connectivity index (χ2n) is 6.43. The van der Waals surface area contributed by atoms with Crippen LogP contribution in [0.4, 0.5) is 10.1 Å². The number of nitrogens with zero attached hydrogens (tertiary/aromatic N) is 3. The molecule has 0 bridgehead atoms. The topological polar surface area (TPSA) is 58.4 Å². The fraction of sp³-hybridized carbons (Fsp3) is 0.250. The summed E-state index contributed by atoms with van der Waals surface area (Å²) < 4.78 is 26.3. The van der Waals surface area contributed by atoms with Crippen molar-refractivity contribution < 1.29 is 13.7 Å². The Morgan fingerprint density at radius 2 is 1.63 bits per heavy atom. The van der Waals surface area contributed by atoms with Crippen LogP contribution >= 0.6 is 0 Å². The molecule has 0 amide bonds. The number of hydrogen-bond donors (Lipinski definition) is 1. The first-order chi connectivity index (χ1) is 13.2. The highest BCUT2D eigenvalue weighted by molar-refractivity contribution is 7.85. The number of benzene rings is 2. The van der Waals surface area contributed by atoms with Gasteiger partial charge in [-0.15, -0.1) is 0 Å². The summed E-state index contributed by atoms with van der Waals surface area (Å²) in [4.78, 5) is 2.24. The van der Waals surface area contributed by atoms with E-state index in [4.69, 9.17) is 0 Å². The number of rotatable bonds is 4. The molecule has 2 aromatic carbocycles. The zero-order chi connectivity index (χ0) is 18.8. The van der Waals surface area contributed by atoms with Crippen LogP contribution in [0.3, 0.4) is 0 Å². The molecule has 1 aliphatic heterocycles. The largest absolute Gasteiger partial charge is 0.390 e. The van der Waals surface area contributed by atoms with E-state index >= 15 is 0 Å². The van der Waals surface area contributed by atoms with Gasteiger partial charge in [0.2, 0.25) is 0 Å². The van der Waals surface area contributed by atoms with Gasteiger partial charge >= 0.3 is 0 Å². The maximum atomic E-state index is 13.2. The Morgan fingerprint density at radius 3 is 2.26 bits per heavy atom. The molecular weight excluding hydrogens is 365 g/mol. The van der Waals surface area contributed by atoms with E-state index in [1.54, 1.807) is 23.0 Å². The van der Waals surface area contributed by atoms with E-state index in [1.165, 1.54) is 12.1 Å². The van der Waals surface area contributed by atoms with Crippen molar-refractivity contribution in [3.8, 4) is 16.8 Å². The molecular formula is C20H20FN3O2S. The predicted molar refractivity (Wildman–Crippen MR) is 105 cm³/mol. The van der Waals surface area contributed by atoms with E-state index in [1.807, 2.05) is 24.3 Å². The highest BCUT2D eigenvalue weighted by atomic mass is 32.2. The molecule has 7 heteroatoms. The predicted octanol–water partition coefficient (Wildman–Crippen LogP) is 2.74. The van der Waals surface area contributed by atoms with Gasteiger partial charge in [0.05, 0.1) is 24.2 Å². The smallest absolute Gasteiger partial charge is 0.123 e. The summed E-state index contributed by atoms with van der Waals surface area (Å²) in [7, 11) is -0.694. The van der Waals surface area contributed by atoms with E-state index < -0.39 is 10.8 Å². The average Bonchev–Trinajstić information content (AvgIpc) is 3.13. The molecule has 0 saturated carbocycles. The fourth-order valence-corrected chi connectivity index (χ4v) is 4.37. The molecule has 140 valence electrons. The van der Waals surface area contributed by atoms with Gasteiger partial charge in [-0.3, -0.25) is 4.21 Å². The molecule has 0 atom stereocenters. The molecule has 1 aliphatic rings. The summed E-state index contributed by atoms with van der Waals surface area (Å²) >= 11 is 0. The van der Waals surface area contributed by atoms with E-state index in [-0.39, 0.29) is 12.4 Å². The standard InChI is InChI=1S/C20H20FN3O2S/c21-16-3-7-18(8-4-16)24-20(14-25)19(13-22-24)15-1-5-17(6-2-15)23-9-11-27(26)12-10-23/h1-8,13,25H,9-12,14H2. The number of halogens is 1. The van der Waals surface area contributed by atoms with E-state index in [2.05, 4.69) is 10.00 Å². The van der Waals surface area contributed by atoms with Gasteiger partial charge in [0, 0.05) is 46.6 Å². The van der Waals surface area contributed by atoms with Gasteiger partial charge in [-0.25, -0.2) is 9.07 Å². The number of aromatic nitrogens is 2. The highest BCUT2D eigenvalue weighted by Gasteiger charge is 2.17. The second kappa shape index (κ2) is 7.62. The third kappa shape index (κ3) is 3.65. The molecule has 1 N–H and O–H groups in total. The number of anilines is 1. The minimum atomic E-state index is -0.694. The number of aliphatic hydroxyl groups is 1. The number of aliphatic hydroxyl groups excluding tert-OH is 1. The maximum absolute atomic E-state index is 13.2. The maximum Gasteiger partial charge on any atom is 0.123 e. The molecule has 1 aromatic heterocycles. The molecule has 1 saturated heterocycles. The van der Waals surface area contributed by atoms with Gasteiger partial charge in [0.25, 0.3) is 0 Å². The Bertz CT molecular complexity index is 944. The van der Waals surface area contributed by atoms with Crippen LogP contribution in [0.5, 0.6) is 0 Å². The Labute approximate surface area is 159 Å². The van der Waals surface area contributed by atoms with Crippen LogP contribution in [0.25, 0.3) is 16.8 Å². The summed E-state index contributed by atoms with van der Waals surface area (Å²) in [6.45, 7) is 1.43. The summed E-state index contributed by atoms with van der Waals surface area (Å²) in [5.74, 6) is 1.11. The van der Waals surface area contributed by atoms with Crippen LogP contribution in [0.15, 0.2) is 54.7 Å². The molecule has 3 aromatic rings. The van der Waals surface area contributed by atoms with Crippen molar-refractivity contribution in [2.75, 3.05) is 29.5 Å². The Hall–Kier alpha value is -2.51. The van der Waals surface area contributed by atoms with E-state index in [0.717, 1.165) is 29.9 Å². The third-order valence-electron chi connectivity index (χ3n) is 4.81. The molecule has 27 heavy (non-hydrogen) atoms. The molecule has 5 nitrogen and oxygen atoms in total. The van der Waals surface area contributed by atoms with Crippen LogP contribution in [-0.4, -0.2) is 43.7 Å².